The van der Waals surface area contributed by atoms with E-state index in [9.17, 15) is 38.7 Å². The Morgan fingerprint density at radius 2 is 1.24 bits per heavy atom. The van der Waals surface area contributed by atoms with Crippen molar-refractivity contribution < 1.29 is 62.4 Å². The third-order valence-electron chi connectivity index (χ3n) is 6.84. The van der Waals surface area contributed by atoms with Crippen LogP contribution < -0.4 is 27.0 Å². The van der Waals surface area contributed by atoms with Gasteiger partial charge < -0.3 is 55.8 Å². The van der Waals surface area contributed by atoms with Crippen LogP contribution in [0.4, 0.5) is 4.79 Å². The summed E-state index contributed by atoms with van der Waals surface area (Å²) in [7, 11) is 0. The summed E-state index contributed by atoms with van der Waals surface area (Å²) < 4.78 is 27.0. The number of ether oxygens (including phenoxy) is 5. The van der Waals surface area contributed by atoms with Crippen LogP contribution in [0.1, 0.15) is 39.5 Å². The van der Waals surface area contributed by atoms with E-state index >= 15 is 0 Å². The van der Waals surface area contributed by atoms with E-state index in [2.05, 4.69) is 21.3 Å². The van der Waals surface area contributed by atoms with Gasteiger partial charge in [0.25, 0.3) is 11.8 Å². The highest BCUT2D eigenvalue weighted by Gasteiger charge is 2.28. The molecule has 284 valence electrons. The summed E-state index contributed by atoms with van der Waals surface area (Å²) in [6, 6.07) is -2.86. The molecule has 1 heterocycles. The number of carboxylic acids is 1. The van der Waals surface area contributed by atoms with Crippen molar-refractivity contribution >= 4 is 41.5 Å². The number of nitrogens with two attached hydrogens (primary N) is 1. The highest BCUT2D eigenvalue weighted by atomic mass is 16.6. The second-order valence-corrected chi connectivity index (χ2v) is 11.2. The molecule has 0 spiro atoms. The molecular weight excluding hydrogens is 664 g/mol. The largest absolute Gasteiger partial charge is 0.480 e. The highest BCUT2D eigenvalue weighted by Crippen LogP contribution is 2.06. The average Bonchev–Trinajstić information content (AvgIpc) is 3.38. The molecule has 0 unspecified atom stereocenters. The van der Waals surface area contributed by atoms with Gasteiger partial charge in [-0.3, -0.25) is 28.9 Å². The SMILES string of the molecule is CC(C)[C@H](NC(=O)CCOCCOCCOCCOCCOCCNC(=O)CCN1C(=O)C=CC1=O)C(=O)N[C@@H](CCCNC(N)=O)C(=O)O. The van der Waals surface area contributed by atoms with Gasteiger partial charge in [-0.2, -0.15) is 0 Å². The Kier molecular flexibility index (Phi) is 23.4. The summed E-state index contributed by atoms with van der Waals surface area (Å²) in [5, 5.41) is 19.5. The van der Waals surface area contributed by atoms with Crippen molar-refractivity contribution in [2.24, 2.45) is 11.7 Å². The first-order valence-corrected chi connectivity index (χ1v) is 16.5. The van der Waals surface area contributed by atoms with E-state index in [1.165, 1.54) is 12.2 Å². The molecular formula is C31H52N6O13. The number of hydrogen-bond donors (Lipinski definition) is 6. The minimum Gasteiger partial charge on any atom is -0.480 e. The van der Waals surface area contributed by atoms with Crippen LogP contribution in [0, 0.1) is 5.92 Å². The second kappa shape index (κ2) is 26.7. The molecule has 0 aliphatic carbocycles. The predicted molar refractivity (Wildman–Crippen MR) is 175 cm³/mol. The average molecular weight is 717 g/mol. The van der Waals surface area contributed by atoms with Crippen LogP contribution in [-0.2, 0) is 52.5 Å². The fourth-order valence-corrected chi connectivity index (χ4v) is 4.18. The van der Waals surface area contributed by atoms with Crippen LogP contribution >= 0.6 is 0 Å². The lowest BCUT2D eigenvalue weighted by Gasteiger charge is -2.24. The Balaban J connectivity index is 1.97. The number of primary amides is 1. The lowest BCUT2D eigenvalue weighted by Crippen LogP contribution is -2.53. The Morgan fingerprint density at radius 1 is 0.720 bits per heavy atom. The van der Waals surface area contributed by atoms with Gasteiger partial charge in [-0.15, -0.1) is 0 Å². The van der Waals surface area contributed by atoms with Crippen molar-refractivity contribution in [1.29, 1.82) is 0 Å². The molecule has 7 N–H and O–H groups in total. The summed E-state index contributed by atoms with van der Waals surface area (Å²) in [5.74, 6) is -3.71. The molecule has 7 amide bonds. The summed E-state index contributed by atoms with van der Waals surface area (Å²) in [5.41, 5.74) is 4.98. The number of nitrogens with one attached hydrogen (secondary N) is 4. The standard InChI is InChI=1S/C31H52N6O13/c1-22(2)28(29(42)35-23(30(43)44)4-3-9-34-31(32)45)36-25(39)8-12-46-14-16-48-18-20-50-21-19-49-17-15-47-13-10-33-24(38)7-11-37-26(40)5-6-27(37)41/h5-6,22-23,28H,3-4,7-21H2,1-2H3,(H,33,38)(H,35,42)(H,36,39)(H,43,44)(H3,32,34,45)/t23-,28-/m0/s1. The number of aliphatic carboxylic acids is 1. The van der Waals surface area contributed by atoms with Crippen LogP contribution in [0.15, 0.2) is 12.2 Å². The van der Waals surface area contributed by atoms with E-state index in [0.29, 0.717) is 52.8 Å². The normalized spacial score (nSPS) is 13.7. The van der Waals surface area contributed by atoms with Gasteiger partial charge in [-0.1, -0.05) is 13.8 Å². The Morgan fingerprint density at radius 3 is 1.74 bits per heavy atom. The molecule has 0 radical (unpaired) electrons. The minimum absolute atomic E-state index is 0.00627. The van der Waals surface area contributed by atoms with Crippen LogP contribution in [0.3, 0.4) is 0 Å². The predicted octanol–water partition coefficient (Wildman–Crippen LogP) is -1.95. The summed E-state index contributed by atoms with van der Waals surface area (Å²) in [4.78, 5) is 83.1. The third kappa shape index (κ3) is 21.0. The lowest BCUT2D eigenvalue weighted by molar-refractivity contribution is -0.142. The molecule has 0 saturated carbocycles. The second-order valence-electron chi connectivity index (χ2n) is 11.2. The molecule has 0 fully saturated rings. The number of amides is 7. The van der Waals surface area contributed by atoms with E-state index in [0.717, 1.165) is 4.90 Å². The van der Waals surface area contributed by atoms with Gasteiger partial charge in [0, 0.05) is 44.6 Å². The van der Waals surface area contributed by atoms with Gasteiger partial charge in [0.2, 0.25) is 17.7 Å². The van der Waals surface area contributed by atoms with E-state index in [1.54, 1.807) is 13.8 Å². The number of carboxylic acid groups (broad SMARTS) is 1. The van der Waals surface area contributed by atoms with E-state index < -0.39 is 47.7 Å². The van der Waals surface area contributed by atoms with Crippen LogP contribution in [0.25, 0.3) is 0 Å². The molecule has 19 heteroatoms. The maximum atomic E-state index is 12.7. The Bertz CT molecular complexity index is 1100. The third-order valence-corrected chi connectivity index (χ3v) is 6.84. The zero-order valence-electron chi connectivity index (χ0n) is 28.8. The van der Waals surface area contributed by atoms with E-state index in [1.807, 2.05) is 0 Å². The number of nitrogens with zero attached hydrogens (tertiary/aromatic N) is 1. The molecule has 50 heavy (non-hydrogen) atoms. The number of rotatable bonds is 30. The highest BCUT2D eigenvalue weighted by molar-refractivity contribution is 6.13. The number of hydrogen-bond acceptors (Lipinski definition) is 12. The Labute approximate surface area is 291 Å². The molecule has 19 nitrogen and oxygen atoms in total. The molecule has 1 aliphatic rings. The zero-order valence-corrected chi connectivity index (χ0v) is 28.8. The maximum Gasteiger partial charge on any atom is 0.326 e. The van der Waals surface area contributed by atoms with Crippen LogP contribution in [0.5, 0.6) is 0 Å². The van der Waals surface area contributed by atoms with Crippen molar-refractivity contribution in [1.82, 2.24) is 26.2 Å². The molecule has 0 aromatic heterocycles. The van der Waals surface area contributed by atoms with Crippen LogP contribution in [-0.4, -0.2) is 149 Å². The van der Waals surface area contributed by atoms with Crippen LogP contribution in [0.2, 0.25) is 0 Å². The quantitative estimate of drug-likeness (QED) is 0.0349. The molecule has 2 atom stereocenters. The summed E-state index contributed by atoms with van der Waals surface area (Å²) >= 11 is 0. The van der Waals surface area contributed by atoms with Gasteiger partial charge in [-0.25, -0.2) is 9.59 Å². The smallest absolute Gasteiger partial charge is 0.326 e. The molecule has 0 aromatic carbocycles. The zero-order chi connectivity index (χ0) is 37.1. The number of carbonyl (C=O) groups is 7. The summed E-state index contributed by atoms with van der Waals surface area (Å²) in [6.45, 7) is 6.97. The number of urea groups is 1. The van der Waals surface area contributed by atoms with Crippen molar-refractivity contribution in [2.75, 3.05) is 85.7 Å². The Hall–Kier alpha value is -4.17. The van der Waals surface area contributed by atoms with Crippen molar-refractivity contribution in [3.05, 3.63) is 12.2 Å². The van der Waals surface area contributed by atoms with Crippen molar-refractivity contribution in [2.45, 2.75) is 51.6 Å². The first-order valence-electron chi connectivity index (χ1n) is 16.5. The lowest BCUT2D eigenvalue weighted by atomic mass is 10.0. The first-order chi connectivity index (χ1) is 23.9. The van der Waals surface area contributed by atoms with E-state index in [-0.39, 0.29) is 70.4 Å². The maximum absolute atomic E-state index is 12.7. The van der Waals surface area contributed by atoms with Gasteiger partial charge in [-0.05, 0) is 18.8 Å². The van der Waals surface area contributed by atoms with Gasteiger partial charge in [0.05, 0.1) is 66.1 Å². The number of carbonyl (C=O) groups excluding carboxylic acids is 6. The monoisotopic (exact) mass is 716 g/mol. The fourth-order valence-electron chi connectivity index (χ4n) is 4.18. The van der Waals surface area contributed by atoms with Crippen molar-refractivity contribution in [3.8, 4) is 0 Å². The van der Waals surface area contributed by atoms with Gasteiger partial charge >= 0.3 is 12.0 Å². The summed E-state index contributed by atoms with van der Waals surface area (Å²) in [6.07, 6.45) is 2.71. The number of imide groups is 1. The van der Waals surface area contributed by atoms with Gasteiger partial charge in [0.1, 0.15) is 12.1 Å². The first kappa shape index (κ1) is 43.9. The van der Waals surface area contributed by atoms with Crippen molar-refractivity contribution in [3.63, 3.8) is 0 Å². The molecule has 1 aliphatic heterocycles. The fraction of sp³-hybridized carbons (Fsp3) is 0.710. The molecule has 0 saturated heterocycles. The molecule has 0 bridgehead atoms. The molecule has 0 aromatic rings. The van der Waals surface area contributed by atoms with Gasteiger partial charge in [0.15, 0.2) is 0 Å². The minimum atomic E-state index is -1.23. The topological polar surface area (TPSA) is 263 Å². The molecule has 1 rings (SSSR count). The van der Waals surface area contributed by atoms with E-state index in [4.69, 9.17) is 29.4 Å².